The van der Waals surface area contributed by atoms with Crippen molar-refractivity contribution in [1.29, 1.82) is 0 Å². The maximum absolute atomic E-state index is 13.9. The predicted molar refractivity (Wildman–Crippen MR) is 135 cm³/mol. The lowest BCUT2D eigenvalue weighted by Gasteiger charge is -2.35. The highest BCUT2D eigenvalue weighted by Crippen LogP contribution is 2.30. The van der Waals surface area contributed by atoms with Crippen LogP contribution in [-0.4, -0.2) is 59.9 Å². The fourth-order valence-electron chi connectivity index (χ4n) is 4.17. The van der Waals surface area contributed by atoms with E-state index in [1.54, 1.807) is 26.3 Å². The van der Waals surface area contributed by atoms with E-state index in [9.17, 15) is 26.7 Å². The van der Waals surface area contributed by atoms with Gasteiger partial charge in [-0.2, -0.15) is 8.42 Å². The zero-order valence-corrected chi connectivity index (χ0v) is 22.5. The molecule has 9 nitrogen and oxygen atoms in total. The van der Waals surface area contributed by atoms with E-state index in [0.717, 1.165) is 26.6 Å². The van der Waals surface area contributed by atoms with Gasteiger partial charge >= 0.3 is 10.2 Å². The lowest BCUT2D eigenvalue weighted by atomic mass is 9.85. The monoisotopic (exact) mass is 538 g/mol. The Hall–Kier alpha value is -2.86. The van der Waals surface area contributed by atoms with E-state index in [2.05, 4.69) is 15.6 Å². The topological polar surface area (TPSA) is 126 Å². The minimum atomic E-state index is -4.98. The highest BCUT2D eigenvalue weighted by Gasteiger charge is 2.48. The first-order valence-electron chi connectivity index (χ1n) is 11.5. The number of amides is 3. The first-order valence-corrected chi connectivity index (χ1v) is 13.8. The molecule has 0 spiro atoms. The summed E-state index contributed by atoms with van der Waals surface area (Å²) in [4.78, 5) is 44.5. The van der Waals surface area contributed by atoms with E-state index in [1.807, 2.05) is 31.2 Å². The molecule has 36 heavy (non-hydrogen) atoms. The third-order valence-electron chi connectivity index (χ3n) is 6.14. The summed E-state index contributed by atoms with van der Waals surface area (Å²) < 4.78 is 37.2. The summed E-state index contributed by atoms with van der Waals surface area (Å²) in [6, 6.07) is 5.34. The molecule has 3 amide bonds. The van der Waals surface area contributed by atoms with E-state index in [4.69, 9.17) is 0 Å². The Bertz CT molecular complexity index is 1240. The van der Waals surface area contributed by atoms with Crippen LogP contribution < -0.4 is 10.6 Å². The summed E-state index contributed by atoms with van der Waals surface area (Å²) in [5.41, 5.74) is 3.77. The minimum Gasteiger partial charge on any atom is -0.350 e. The first kappa shape index (κ1) is 27.7. The fourth-order valence-corrected chi connectivity index (χ4v) is 5.73. The predicted octanol–water partition coefficient (Wildman–Crippen LogP) is 2.55. The number of aryl methyl sites for hydroxylation is 1. The van der Waals surface area contributed by atoms with Crippen molar-refractivity contribution in [2.75, 3.05) is 6.54 Å². The van der Waals surface area contributed by atoms with Crippen molar-refractivity contribution in [3.63, 3.8) is 0 Å². The van der Waals surface area contributed by atoms with Gasteiger partial charge < -0.3 is 15.5 Å². The van der Waals surface area contributed by atoms with Crippen molar-refractivity contribution < 1.29 is 26.7 Å². The number of halogens is 1. The zero-order chi connectivity index (χ0) is 26.8. The van der Waals surface area contributed by atoms with Crippen LogP contribution in [0, 0.1) is 12.3 Å². The highest BCUT2D eigenvalue weighted by molar-refractivity contribution is 7.87. The van der Waals surface area contributed by atoms with Crippen molar-refractivity contribution in [2.24, 2.45) is 5.41 Å². The molecule has 2 aromatic rings. The average Bonchev–Trinajstić information content (AvgIpc) is 3.41. The van der Waals surface area contributed by atoms with Crippen LogP contribution in [-0.2, 0) is 31.2 Å². The van der Waals surface area contributed by atoms with Gasteiger partial charge in [-0.05, 0) is 29.9 Å². The number of nitrogens with one attached hydrogen (secondary N) is 2. The van der Waals surface area contributed by atoms with Crippen LogP contribution in [0.3, 0.4) is 0 Å². The van der Waals surface area contributed by atoms with Gasteiger partial charge in [0.15, 0.2) is 0 Å². The lowest BCUT2D eigenvalue weighted by molar-refractivity contribution is -0.143. The third-order valence-corrected chi connectivity index (χ3v) is 8.25. The van der Waals surface area contributed by atoms with Crippen LogP contribution >= 0.6 is 11.3 Å². The number of nitrogens with zero attached hydrogens (tertiary/aromatic N) is 2. The van der Waals surface area contributed by atoms with E-state index in [0.29, 0.717) is 0 Å². The molecule has 1 aromatic carbocycles. The average molecular weight is 539 g/mol. The number of benzene rings is 1. The Morgan fingerprint density at radius 2 is 1.86 bits per heavy atom. The fraction of sp³-hybridized carbons (Fsp3) is 0.500. The standard InChI is InChI=1S/C24H31FN4O5S2/c1-14-20(35-13-27-14)17-8-6-16(7-9-17)11-26-22(31)19-10-18(36(25,33)34)12-29(19)23(32)21(24(3,4)5)28-15(2)30/h6-9,13,18-19,21H,10-12H2,1-5H3,(H,26,31)(H,28,30)/t18-,19+,21-/m1/s1. The van der Waals surface area contributed by atoms with E-state index < -0.39 is 57.2 Å². The highest BCUT2D eigenvalue weighted by atomic mass is 32.3. The number of rotatable bonds is 7. The molecule has 0 aliphatic carbocycles. The maximum Gasteiger partial charge on any atom is 0.307 e. The SMILES string of the molecule is CC(=O)N[C@H](C(=O)N1C[C@H](S(=O)(=O)F)C[C@H]1C(=O)NCc1ccc(-c2scnc2C)cc1)C(C)(C)C. The van der Waals surface area contributed by atoms with Gasteiger partial charge in [0.2, 0.25) is 17.7 Å². The Kier molecular flexibility index (Phi) is 8.19. The Morgan fingerprint density at radius 3 is 2.36 bits per heavy atom. The van der Waals surface area contributed by atoms with Gasteiger partial charge in [0, 0.05) is 20.0 Å². The zero-order valence-electron chi connectivity index (χ0n) is 20.9. The molecule has 1 aromatic heterocycles. The van der Waals surface area contributed by atoms with Crippen LogP contribution in [0.25, 0.3) is 10.4 Å². The summed E-state index contributed by atoms with van der Waals surface area (Å²) in [5.74, 6) is -1.67. The van der Waals surface area contributed by atoms with Gasteiger partial charge in [0.1, 0.15) is 17.3 Å². The van der Waals surface area contributed by atoms with Gasteiger partial charge in [0.05, 0.1) is 16.1 Å². The molecule has 3 atom stereocenters. The van der Waals surface area contributed by atoms with Crippen molar-refractivity contribution in [1.82, 2.24) is 20.5 Å². The molecular formula is C24H31FN4O5S2. The molecule has 1 aliphatic heterocycles. The largest absolute Gasteiger partial charge is 0.350 e. The summed E-state index contributed by atoms with van der Waals surface area (Å²) in [7, 11) is -4.98. The second-order valence-corrected chi connectivity index (χ2v) is 12.5. The van der Waals surface area contributed by atoms with Crippen molar-refractivity contribution in [2.45, 2.75) is 64.9 Å². The molecule has 1 aliphatic rings. The number of hydrogen-bond acceptors (Lipinski definition) is 7. The summed E-state index contributed by atoms with van der Waals surface area (Å²) >= 11 is 1.53. The van der Waals surface area contributed by atoms with Crippen molar-refractivity contribution in [3.8, 4) is 10.4 Å². The Labute approximate surface area is 214 Å². The molecule has 196 valence electrons. The Morgan fingerprint density at radius 1 is 1.22 bits per heavy atom. The molecule has 0 saturated carbocycles. The molecule has 0 unspecified atom stereocenters. The normalized spacial score (nSPS) is 19.1. The molecule has 0 radical (unpaired) electrons. The van der Waals surface area contributed by atoms with E-state index in [1.165, 1.54) is 18.3 Å². The van der Waals surface area contributed by atoms with Crippen LogP contribution in [0.1, 0.15) is 45.4 Å². The third kappa shape index (κ3) is 6.47. The van der Waals surface area contributed by atoms with Gasteiger partial charge in [-0.25, -0.2) is 4.98 Å². The molecule has 0 bridgehead atoms. The number of likely N-dealkylation sites (tertiary alicyclic amines) is 1. The maximum atomic E-state index is 13.9. The second kappa shape index (κ2) is 10.6. The van der Waals surface area contributed by atoms with Crippen LogP contribution in [0.5, 0.6) is 0 Å². The molecule has 3 rings (SSSR count). The number of carbonyl (C=O) groups excluding carboxylic acids is 3. The smallest absolute Gasteiger partial charge is 0.307 e. The first-order chi connectivity index (χ1) is 16.7. The van der Waals surface area contributed by atoms with E-state index in [-0.39, 0.29) is 13.0 Å². The van der Waals surface area contributed by atoms with Crippen LogP contribution in [0.15, 0.2) is 29.8 Å². The van der Waals surface area contributed by atoms with Gasteiger partial charge in [-0.3, -0.25) is 14.4 Å². The number of aromatic nitrogens is 1. The summed E-state index contributed by atoms with van der Waals surface area (Å²) in [5, 5.41) is 3.80. The van der Waals surface area contributed by atoms with Crippen LogP contribution in [0.2, 0.25) is 0 Å². The van der Waals surface area contributed by atoms with Gasteiger partial charge in [-0.1, -0.05) is 45.0 Å². The Balaban J connectivity index is 1.77. The molecular weight excluding hydrogens is 507 g/mol. The quantitative estimate of drug-likeness (QED) is 0.522. The minimum absolute atomic E-state index is 0.140. The molecule has 12 heteroatoms. The molecule has 1 saturated heterocycles. The van der Waals surface area contributed by atoms with Gasteiger partial charge in [0.25, 0.3) is 0 Å². The molecule has 2 N–H and O–H groups in total. The van der Waals surface area contributed by atoms with E-state index >= 15 is 0 Å². The van der Waals surface area contributed by atoms with Crippen LogP contribution in [0.4, 0.5) is 3.89 Å². The lowest BCUT2D eigenvalue weighted by Crippen LogP contribution is -2.57. The summed E-state index contributed by atoms with van der Waals surface area (Å²) in [6.45, 7) is 8.06. The summed E-state index contributed by atoms with van der Waals surface area (Å²) in [6.07, 6.45) is -0.364. The van der Waals surface area contributed by atoms with Crippen molar-refractivity contribution >= 4 is 39.3 Å². The molecule has 1 fully saturated rings. The molecule has 2 heterocycles. The number of carbonyl (C=O) groups is 3. The van der Waals surface area contributed by atoms with Gasteiger partial charge in [-0.15, -0.1) is 15.2 Å². The second-order valence-electron chi connectivity index (χ2n) is 10.0. The van der Waals surface area contributed by atoms with Crippen molar-refractivity contribution in [3.05, 3.63) is 41.0 Å². The number of hydrogen-bond donors (Lipinski definition) is 2. The number of thiazole rings is 1.